The van der Waals surface area contributed by atoms with E-state index in [1.165, 1.54) is 6.07 Å². The Morgan fingerprint density at radius 2 is 2.22 bits per heavy atom. The number of benzene rings is 1. The third-order valence-corrected chi connectivity index (χ3v) is 2.76. The largest absolute Gasteiger partial charge is 0.316 e. The summed E-state index contributed by atoms with van der Waals surface area (Å²) >= 11 is 0. The minimum Gasteiger partial charge on any atom is -0.316 e. The lowest BCUT2D eigenvalue weighted by molar-refractivity contribution is 0.583. The van der Waals surface area contributed by atoms with Crippen LogP contribution in [0.15, 0.2) is 24.4 Å². The first-order valence-corrected chi connectivity index (χ1v) is 6.08. The Kier molecular flexibility index (Phi) is 4.04. The van der Waals surface area contributed by atoms with Crippen LogP contribution in [0.5, 0.6) is 0 Å². The van der Waals surface area contributed by atoms with Crippen LogP contribution < -0.4 is 5.32 Å². The summed E-state index contributed by atoms with van der Waals surface area (Å²) in [6.45, 7) is 3.51. The van der Waals surface area contributed by atoms with Gasteiger partial charge in [0.25, 0.3) is 0 Å². The van der Waals surface area contributed by atoms with Crippen molar-refractivity contribution < 1.29 is 4.39 Å². The molecular formula is C13H17FN4. The first-order chi connectivity index (χ1) is 8.76. The lowest BCUT2D eigenvalue weighted by Gasteiger charge is -2.10. The van der Waals surface area contributed by atoms with Crippen LogP contribution in [0.3, 0.4) is 0 Å². The molecule has 0 amide bonds. The van der Waals surface area contributed by atoms with Gasteiger partial charge in [0.2, 0.25) is 0 Å². The molecule has 0 aliphatic rings. The molecule has 18 heavy (non-hydrogen) atoms. The maximum atomic E-state index is 13.3. The van der Waals surface area contributed by atoms with E-state index < -0.39 is 0 Å². The van der Waals surface area contributed by atoms with E-state index in [1.54, 1.807) is 18.3 Å². The van der Waals surface area contributed by atoms with Crippen LogP contribution in [-0.2, 0) is 13.1 Å². The summed E-state index contributed by atoms with van der Waals surface area (Å²) in [5, 5.41) is 11.0. The number of aromatic nitrogens is 3. The zero-order valence-electron chi connectivity index (χ0n) is 10.7. The van der Waals surface area contributed by atoms with Crippen molar-refractivity contribution in [3.63, 3.8) is 0 Å². The molecule has 0 aliphatic heterocycles. The van der Waals surface area contributed by atoms with E-state index in [-0.39, 0.29) is 5.82 Å². The van der Waals surface area contributed by atoms with Crippen LogP contribution >= 0.6 is 0 Å². The molecule has 1 heterocycles. The molecule has 0 saturated heterocycles. The number of nitrogens with zero attached hydrogens (tertiary/aromatic N) is 3. The fourth-order valence-corrected chi connectivity index (χ4v) is 1.99. The number of rotatable bonds is 5. The quantitative estimate of drug-likeness (QED) is 0.882. The van der Waals surface area contributed by atoms with Crippen LogP contribution in [0.1, 0.15) is 18.9 Å². The zero-order valence-corrected chi connectivity index (χ0v) is 10.7. The molecule has 1 aromatic carbocycles. The molecular weight excluding hydrogens is 231 g/mol. The van der Waals surface area contributed by atoms with Gasteiger partial charge < -0.3 is 5.32 Å². The van der Waals surface area contributed by atoms with Crippen LogP contribution in [0.25, 0.3) is 11.3 Å². The molecule has 96 valence electrons. The molecule has 0 saturated carbocycles. The summed E-state index contributed by atoms with van der Waals surface area (Å²) in [7, 11) is 1.84. The molecule has 0 spiro atoms. The minimum atomic E-state index is -0.224. The lowest BCUT2D eigenvalue weighted by atomic mass is 10.0. The van der Waals surface area contributed by atoms with Gasteiger partial charge in [-0.1, -0.05) is 12.1 Å². The monoisotopic (exact) mass is 248 g/mol. The molecule has 0 bridgehead atoms. The fourth-order valence-electron chi connectivity index (χ4n) is 1.99. The first kappa shape index (κ1) is 12.7. The van der Waals surface area contributed by atoms with Gasteiger partial charge in [0.15, 0.2) is 0 Å². The SMILES string of the molecule is CCCn1nncc1-c1ccc(F)cc1CNC. The highest BCUT2D eigenvalue weighted by Gasteiger charge is 2.11. The van der Waals surface area contributed by atoms with E-state index in [4.69, 9.17) is 0 Å². The van der Waals surface area contributed by atoms with Crippen molar-refractivity contribution >= 4 is 0 Å². The smallest absolute Gasteiger partial charge is 0.123 e. The van der Waals surface area contributed by atoms with Gasteiger partial charge in [-0.2, -0.15) is 0 Å². The highest BCUT2D eigenvalue weighted by molar-refractivity contribution is 5.63. The second kappa shape index (κ2) is 5.73. The maximum absolute atomic E-state index is 13.3. The van der Waals surface area contributed by atoms with Gasteiger partial charge in [-0.15, -0.1) is 5.10 Å². The molecule has 0 fully saturated rings. The van der Waals surface area contributed by atoms with E-state index in [0.717, 1.165) is 29.8 Å². The molecule has 0 aliphatic carbocycles. The van der Waals surface area contributed by atoms with Crippen molar-refractivity contribution in [2.45, 2.75) is 26.4 Å². The van der Waals surface area contributed by atoms with Gasteiger partial charge in [-0.05, 0) is 37.2 Å². The van der Waals surface area contributed by atoms with E-state index in [1.807, 2.05) is 11.7 Å². The van der Waals surface area contributed by atoms with Crippen molar-refractivity contribution in [2.24, 2.45) is 0 Å². The Morgan fingerprint density at radius 3 is 2.94 bits per heavy atom. The van der Waals surface area contributed by atoms with Crippen molar-refractivity contribution in [2.75, 3.05) is 7.05 Å². The number of halogens is 1. The summed E-state index contributed by atoms with van der Waals surface area (Å²) < 4.78 is 15.1. The molecule has 2 rings (SSSR count). The maximum Gasteiger partial charge on any atom is 0.123 e. The average Bonchev–Trinajstić information content (AvgIpc) is 2.78. The normalized spacial score (nSPS) is 10.8. The van der Waals surface area contributed by atoms with Gasteiger partial charge in [0.1, 0.15) is 5.82 Å². The van der Waals surface area contributed by atoms with Crippen molar-refractivity contribution in [1.29, 1.82) is 0 Å². The second-order valence-corrected chi connectivity index (χ2v) is 4.17. The van der Waals surface area contributed by atoms with Gasteiger partial charge in [-0.3, -0.25) is 0 Å². The Bertz CT molecular complexity index is 521. The van der Waals surface area contributed by atoms with Gasteiger partial charge in [-0.25, -0.2) is 9.07 Å². The third kappa shape index (κ3) is 2.56. The van der Waals surface area contributed by atoms with Gasteiger partial charge >= 0.3 is 0 Å². The molecule has 4 nitrogen and oxygen atoms in total. The van der Waals surface area contributed by atoms with Crippen LogP contribution in [0.4, 0.5) is 4.39 Å². The predicted molar refractivity (Wildman–Crippen MR) is 68.5 cm³/mol. The number of aryl methyl sites for hydroxylation is 1. The molecule has 0 atom stereocenters. The van der Waals surface area contributed by atoms with Gasteiger partial charge in [0.05, 0.1) is 11.9 Å². The summed E-state index contributed by atoms with van der Waals surface area (Å²) in [5.41, 5.74) is 2.82. The highest BCUT2D eigenvalue weighted by atomic mass is 19.1. The van der Waals surface area contributed by atoms with E-state index in [0.29, 0.717) is 6.54 Å². The van der Waals surface area contributed by atoms with E-state index >= 15 is 0 Å². The topological polar surface area (TPSA) is 42.7 Å². The molecule has 0 unspecified atom stereocenters. The Labute approximate surface area is 106 Å². The number of hydrogen-bond acceptors (Lipinski definition) is 3. The zero-order chi connectivity index (χ0) is 13.0. The van der Waals surface area contributed by atoms with Crippen LogP contribution in [0, 0.1) is 5.82 Å². The molecule has 0 radical (unpaired) electrons. The van der Waals surface area contributed by atoms with Crippen LogP contribution in [-0.4, -0.2) is 22.0 Å². The van der Waals surface area contributed by atoms with Crippen molar-refractivity contribution in [3.8, 4) is 11.3 Å². The Hall–Kier alpha value is -1.75. The Morgan fingerprint density at radius 1 is 1.39 bits per heavy atom. The lowest BCUT2D eigenvalue weighted by Crippen LogP contribution is -2.09. The van der Waals surface area contributed by atoms with E-state index in [2.05, 4.69) is 22.6 Å². The molecule has 2 aromatic rings. The number of nitrogens with one attached hydrogen (secondary N) is 1. The summed E-state index contributed by atoms with van der Waals surface area (Å²) in [5.74, 6) is -0.224. The summed E-state index contributed by atoms with van der Waals surface area (Å²) in [6, 6.07) is 4.81. The standard InChI is InChI=1S/C13H17FN4/c1-3-6-18-13(9-16-17-18)12-5-4-11(14)7-10(12)8-15-2/h4-5,7,9,15H,3,6,8H2,1-2H3. The van der Waals surface area contributed by atoms with E-state index in [9.17, 15) is 4.39 Å². The fraction of sp³-hybridized carbons (Fsp3) is 0.385. The summed E-state index contributed by atoms with van der Waals surface area (Å²) in [4.78, 5) is 0. The number of hydrogen-bond donors (Lipinski definition) is 1. The third-order valence-electron chi connectivity index (χ3n) is 2.76. The molecule has 1 N–H and O–H groups in total. The van der Waals surface area contributed by atoms with Crippen molar-refractivity contribution in [3.05, 3.63) is 35.8 Å². The first-order valence-electron chi connectivity index (χ1n) is 6.08. The molecule has 1 aromatic heterocycles. The highest BCUT2D eigenvalue weighted by Crippen LogP contribution is 2.24. The minimum absolute atomic E-state index is 0.224. The van der Waals surface area contributed by atoms with Gasteiger partial charge in [0, 0.05) is 18.7 Å². The summed E-state index contributed by atoms with van der Waals surface area (Å²) in [6.07, 6.45) is 2.71. The van der Waals surface area contributed by atoms with Crippen LogP contribution in [0.2, 0.25) is 0 Å². The second-order valence-electron chi connectivity index (χ2n) is 4.17. The van der Waals surface area contributed by atoms with Crippen molar-refractivity contribution in [1.82, 2.24) is 20.3 Å². The predicted octanol–water partition coefficient (Wildman–Crippen LogP) is 2.21. The molecule has 5 heteroatoms. The Balaban J connectivity index is 2.45. The average molecular weight is 248 g/mol.